The topological polar surface area (TPSA) is 81.7 Å². The molecular weight excluding hydrogens is 418 g/mol. The van der Waals surface area contributed by atoms with Crippen molar-refractivity contribution in [2.75, 3.05) is 12.4 Å². The molecule has 0 amide bonds. The molecule has 0 aliphatic rings. The first-order valence-corrected chi connectivity index (χ1v) is 10.3. The van der Waals surface area contributed by atoms with Crippen molar-refractivity contribution in [1.82, 2.24) is 0 Å². The molecule has 33 heavy (non-hydrogen) atoms. The van der Waals surface area contributed by atoms with E-state index in [1.54, 1.807) is 61.6 Å². The second-order valence-corrected chi connectivity index (χ2v) is 7.41. The monoisotopic (exact) mass is 439 g/mol. The van der Waals surface area contributed by atoms with Crippen molar-refractivity contribution in [2.45, 2.75) is 6.92 Å². The zero-order valence-corrected chi connectivity index (χ0v) is 18.1. The average Bonchev–Trinajstić information content (AvgIpc) is 2.84. The van der Waals surface area contributed by atoms with Gasteiger partial charge in [0.25, 0.3) is 0 Å². The molecule has 0 aliphatic heterocycles. The predicted octanol–water partition coefficient (Wildman–Crippen LogP) is 5.52. The maximum Gasteiger partial charge on any atom is 0.343 e. The van der Waals surface area contributed by atoms with E-state index in [-0.39, 0.29) is 5.78 Å². The van der Waals surface area contributed by atoms with E-state index in [1.165, 1.54) is 31.2 Å². The summed E-state index contributed by atoms with van der Waals surface area (Å²) in [5.74, 6) is -0.263. The molecule has 0 saturated heterocycles. The Morgan fingerprint density at radius 3 is 1.67 bits per heavy atom. The van der Waals surface area contributed by atoms with Gasteiger partial charge in [0.2, 0.25) is 0 Å². The second kappa shape index (κ2) is 9.36. The molecule has 0 heterocycles. The lowest BCUT2D eigenvalue weighted by molar-refractivity contribution is 0.0720. The van der Waals surface area contributed by atoms with Gasteiger partial charge in [-0.25, -0.2) is 9.59 Å². The van der Waals surface area contributed by atoms with E-state index in [2.05, 4.69) is 5.32 Å². The Hall–Kier alpha value is -4.45. The molecule has 0 fully saturated rings. The summed E-state index contributed by atoms with van der Waals surface area (Å²) in [5, 5.41) is 4.73. The Morgan fingerprint density at radius 1 is 0.606 bits per heavy atom. The van der Waals surface area contributed by atoms with Crippen molar-refractivity contribution < 1.29 is 23.9 Å². The smallest absolute Gasteiger partial charge is 0.343 e. The van der Waals surface area contributed by atoms with Gasteiger partial charge in [0.05, 0.1) is 11.1 Å². The van der Waals surface area contributed by atoms with Gasteiger partial charge in [-0.3, -0.25) is 4.79 Å². The minimum absolute atomic E-state index is 0.00793. The fourth-order valence-electron chi connectivity index (χ4n) is 3.27. The molecule has 4 aromatic rings. The zero-order valence-electron chi connectivity index (χ0n) is 18.1. The quantitative estimate of drug-likeness (QED) is 0.242. The molecule has 0 spiro atoms. The summed E-state index contributed by atoms with van der Waals surface area (Å²) in [6.07, 6.45) is 0. The zero-order chi connectivity index (χ0) is 23.4. The predicted molar refractivity (Wildman–Crippen MR) is 126 cm³/mol. The first-order valence-electron chi connectivity index (χ1n) is 10.3. The van der Waals surface area contributed by atoms with E-state index in [0.717, 1.165) is 16.5 Å². The highest BCUT2D eigenvalue weighted by molar-refractivity contribution is 5.99. The minimum atomic E-state index is -0.544. The van der Waals surface area contributed by atoms with Crippen molar-refractivity contribution in [3.8, 4) is 11.5 Å². The molecule has 4 rings (SSSR count). The van der Waals surface area contributed by atoms with Crippen molar-refractivity contribution >= 4 is 34.2 Å². The van der Waals surface area contributed by atoms with Crippen LogP contribution in [0.5, 0.6) is 11.5 Å². The molecule has 0 unspecified atom stereocenters. The number of Topliss-reactive ketones (excluding diaryl/α,β-unsaturated/α-hetero) is 1. The number of nitrogens with one attached hydrogen (secondary N) is 1. The number of anilines is 1. The van der Waals surface area contributed by atoms with Crippen molar-refractivity contribution in [3.05, 3.63) is 102 Å². The number of carbonyl (C=O) groups is 3. The molecule has 0 aliphatic carbocycles. The molecule has 164 valence electrons. The van der Waals surface area contributed by atoms with Crippen LogP contribution in [0.25, 0.3) is 10.8 Å². The van der Waals surface area contributed by atoms with Crippen LogP contribution >= 0.6 is 0 Å². The maximum atomic E-state index is 12.5. The third kappa shape index (κ3) is 5.07. The summed E-state index contributed by atoms with van der Waals surface area (Å²) in [5.41, 5.74) is 2.15. The number of rotatable bonds is 6. The Labute approximate surface area is 190 Å². The van der Waals surface area contributed by atoms with Crippen molar-refractivity contribution in [2.24, 2.45) is 0 Å². The number of hydrogen-bond acceptors (Lipinski definition) is 6. The van der Waals surface area contributed by atoms with Crippen LogP contribution in [0.3, 0.4) is 0 Å². The van der Waals surface area contributed by atoms with Gasteiger partial charge in [-0.2, -0.15) is 0 Å². The van der Waals surface area contributed by atoms with Gasteiger partial charge in [0.15, 0.2) is 5.78 Å². The molecule has 6 heteroatoms. The minimum Gasteiger partial charge on any atom is -0.423 e. The summed E-state index contributed by atoms with van der Waals surface area (Å²) >= 11 is 0. The summed E-state index contributed by atoms with van der Waals surface area (Å²) in [6.45, 7) is 1.52. The number of ether oxygens (including phenoxy) is 2. The molecule has 0 radical (unpaired) electrons. The molecule has 1 N–H and O–H groups in total. The lowest BCUT2D eigenvalue weighted by atomic mass is 10.0. The standard InChI is InChI=1S/C27H21NO5/c1-17(29)20-7-8-22-16-25(12-9-21(22)15-20)33-27(31)19-5-3-18(4-6-19)26(30)32-24-13-10-23(28-2)11-14-24/h3-16,28H,1-2H3. The third-order valence-electron chi connectivity index (χ3n) is 5.14. The summed E-state index contributed by atoms with van der Waals surface area (Å²) in [4.78, 5) is 36.4. The number of carbonyl (C=O) groups excluding carboxylic acids is 3. The average molecular weight is 439 g/mol. The number of benzene rings is 4. The Kier molecular flexibility index (Phi) is 6.17. The summed E-state index contributed by atoms with van der Waals surface area (Å²) < 4.78 is 10.8. The highest BCUT2D eigenvalue weighted by Crippen LogP contribution is 2.23. The molecule has 4 aromatic carbocycles. The SMILES string of the molecule is CNc1ccc(OC(=O)c2ccc(C(=O)Oc3ccc4cc(C(C)=O)ccc4c3)cc2)cc1. The second-order valence-electron chi connectivity index (χ2n) is 7.41. The fraction of sp³-hybridized carbons (Fsp3) is 0.0741. The first kappa shape index (κ1) is 21.8. The van der Waals surface area contributed by atoms with Crippen molar-refractivity contribution in [1.29, 1.82) is 0 Å². The van der Waals surface area contributed by atoms with Crippen LogP contribution in [0.4, 0.5) is 5.69 Å². The van der Waals surface area contributed by atoms with E-state index >= 15 is 0 Å². The van der Waals surface area contributed by atoms with Gasteiger partial charge in [-0.15, -0.1) is 0 Å². The van der Waals surface area contributed by atoms with Gasteiger partial charge in [0, 0.05) is 18.3 Å². The van der Waals surface area contributed by atoms with Gasteiger partial charge in [-0.05, 0) is 84.4 Å². The van der Waals surface area contributed by atoms with E-state index < -0.39 is 11.9 Å². The lowest BCUT2D eigenvalue weighted by Crippen LogP contribution is -2.11. The Bertz CT molecular complexity index is 1340. The molecule has 0 bridgehead atoms. The van der Waals surface area contributed by atoms with E-state index in [4.69, 9.17) is 9.47 Å². The van der Waals surface area contributed by atoms with E-state index in [9.17, 15) is 14.4 Å². The Morgan fingerprint density at radius 2 is 1.09 bits per heavy atom. The highest BCUT2D eigenvalue weighted by atomic mass is 16.5. The number of fused-ring (bicyclic) bond motifs is 1. The van der Waals surface area contributed by atoms with Crippen LogP contribution in [0.15, 0.2) is 84.9 Å². The molecule has 0 saturated carbocycles. The number of ketones is 1. The van der Waals surface area contributed by atoms with E-state index in [1.807, 2.05) is 6.07 Å². The maximum absolute atomic E-state index is 12.5. The Balaban J connectivity index is 1.42. The van der Waals surface area contributed by atoms with E-state index in [0.29, 0.717) is 28.2 Å². The fourth-order valence-corrected chi connectivity index (χ4v) is 3.27. The van der Waals surface area contributed by atoms with Gasteiger partial charge >= 0.3 is 11.9 Å². The van der Waals surface area contributed by atoms with Crippen LogP contribution in [0, 0.1) is 0 Å². The lowest BCUT2D eigenvalue weighted by Gasteiger charge is -2.08. The normalized spacial score (nSPS) is 10.5. The number of esters is 2. The summed E-state index contributed by atoms with van der Waals surface area (Å²) in [6, 6.07) is 23.6. The highest BCUT2D eigenvalue weighted by Gasteiger charge is 2.13. The number of hydrogen-bond donors (Lipinski definition) is 1. The first-order chi connectivity index (χ1) is 15.9. The summed E-state index contributed by atoms with van der Waals surface area (Å²) in [7, 11) is 1.80. The molecule has 0 atom stereocenters. The van der Waals surface area contributed by atoms with Gasteiger partial charge in [0.1, 0.15) is 11.5 Å². The van der Waals surface area contributed by atoms with Crippen LogP contribution in [-0.2, 0) is 0 Å². The largest absolute Gasteiger partial charge is 0.423 e. The van der Waals surface area contributed by atoms with Gasteiger partial charge < -0.3 is 14.8 Å². The molecule has 6 nitrogen and oxygen atoms in total. The van der Waals surface area contributed by atoms with Crippen LogP contribution in [-0.4, -0.2) is 24.8 Å². The third-order valence-corrected chi connectivity index (χ3v) is 5.14. The van der Waals surface area contributed by atoms with Crippen LogP contribution in [0.1, 0.15) is 38.0 Å². The van der Waals surface area contributed by atoms with Crippen LogP contribution in [0.2, 0.25) is 0 Å². The van der Waals surface area contributed by atoms with Crippen molar-refractivity contribution in [3.63, 3.8) is 0 Å². The molecule has 0 aromatic heterocycles. The van der Waals surface area contributed by atoms with Crippen LogP contribution < -0.4 is 14.8 Å². The van der Waals surface area contributed by atoms with Gasteiger partial charge in [-0.1, -0.05) is 18.2 Å². The molecular formula is C27H21NO5.